The van der Waals surface area contributed by atoms with Crippen molar-refractivity contribution in [3.63, 3.8) is 0 Å². The number of fused-ring (bicyclic) bond motifs is 1. The minimum atomic E-state index is 0.508. The largest absolute Gasteiger partial charge is 0.370 e. The molecule has 1 N–H and O–H groups in total. The lowest BCUT2D eigenvalue weighted by atomic mass is 9.98. The number of benzene rings is 1. The summed E-state index contributed by atoms with van der Waals surface area (Å²) in [6.45, 7) is 7.71. The Morgan fingerprint density at radius 2 is 2.16 bits per heavy atom. The fraction of sp³-hybridized carbons (Fsp3) is 0.438. The van der Waals surface area contributed by atoms with Crippen LogP contribution in [-0.2, 0) is 0 Å². The van der Waals surface area contributed by atoms with Gasteiger partial charge in [0.1, 0.15) is 5.82 Å². The molecule has 2 aromatic rings. The maximum Gasteiger partial charge on any atom is 0.125 e. The first-order valence-corrected chi connectivity index (χ1v) is 7.10. The van der Waals surface area contributed by atoms with Crippen LogP contribution in [0.15, 0.2) is 30.3 Å². The number of nitrogens with one attached hydrogen (secondary N) is 1. The van der Waals surface area contributed by atoms with Crippen LogP contribution in [-0.4, -0.2) is 16.3 Å². The Morgan fingerprint density at radius 1 is 1.37 bits per heavy atom. The predicted octanol–water partition coefficient (Wildman–Crippen LogP) is 3.87. The Labute approximate surface area is 114 Å². The molecule has 0 saturated heterocycles. The van der Waals surface area contributed by atoms with Crippen molar-refractivity contribution in [2.75, 3.05) is 11.9 Å². The quantitative estimate of drug-likeness (QED) is 0.882. The van der Waals surface area contributed by atoms with Gasteiger partial charge in [0.25, 0.3) is 0 Å². The number of nitrogens with zero attached hydrogens (tertiary/aromatic N) is 2. The topological polar surface area (TPSA) is 29.9 Å². The van der Waals surface area contributed by atoms with Gasteiger partial charge in [-0.25, -0.2) is 4.68 Å². The van der Waals surface area contributed by atoms with E-state index in [4.69, 9.17) is 5.10 Å². The first-order chi connectivity index (χ1) is 9.20. The average Bonchev–Trinajstić information content (AvgIpc) is 2.83. The van der Waals surface area contributed by atoms with E-state index in [1.807, 2.05) is 0 Å². The van der Waals surface area contributed by atoms with Crippen LogP contribution in [0.3, 0.4) is 0 Å². The molecule has 0 aliphatic carbocycles. The number of hydrogen-bond donors (Lipinski definition) is 1. The predicted molar refractivity (Wildman–Crippen MR) is 79.4 cm³/mol. The van der Waals surface area contributed by atoms with Gasteiger partial charge in [-0.3, -0.25) is 0 Å². The third-order valence-corrected chi connectivity index (χ3v) is 4.15. The monoisotopic (exact) mass is 255 g/mol. The zero-order valence-electron chi connectivity index (χ0n) is 11.9. The van der Waals surface area contributed by atoms with Gasteiger partial charge in [0.2, 0.25) is 0 Å². The van der Waals surface area contributed by atoms with Gasteiger partial charge in [0.05, 0.1) is 11.7 Å². The lowest BCUT2D eigenvalue weighted by Gasteiger charge is -2.30. The summed E-state index contributed by atoms with van der Waals surface area (Å²) in [6, 6.07) is 11.1. The second kappa shape index (κ2) is 4.72. The third-order valence-electron chi connectivity index (χ3n) is 4.15. The number of anilines is 1. The molecular formula is C16H21N3. The van der Waals surface area contributed by atoms with Crippen LogP contribution in [0, 0.1) is 12.8 Å². The van der Waals surface area contributed by atoms with E-state index in [-0.39, 0.29) is 0 Å². The zero-order chi connectivity index (χ0) is 13.4. The molecule has 1 aliphatic heterocycles. The summed E-state index contributed by atoms with van der Waals surface area (Å²) in [5.41, 5.74) is 3.58. The Balaban J connectivity index is 2.06. The third kappa shape index (κ3) is 2.03. The van der Waals surface area contributed by atoms with Crippen LogP contribution in [0.5, 0.6) is 0 Å². The molecule has 3 rings (SSSR count). The van der Waals surface area contributed by atoms with E-state index in [2.05, 4.69) is 61.1 Å². The fourth-order valence-electron chi connectivity index (χ4n) is 2.99. The van der Waals surface area contributed by atoms with E-state index in [0.717, 1.165) is 24.5 Å². The summed E-state index contributed by atoms with van der Waals surface area (Å²) in [4.78, 5) is 0. The second-order valence-corrected chi connectivity index (χ2v) is 5.51. The van der Waals surface area contributed by atoms with Gasteiger partial charge in [-0.05, 0) is 24.8 Å². The second-order valence-electron chi connectivity index (χ2n) is 5.51. The van der Waals surface area contributed by atoms with Crippen molar-refractivity contribution in [3.05, 3.63) is 35.9 Å². The van der Waals surface area contributed by atoms with Crippen molar-refractivity contribution < 1.29 is 0 Å². The van der Waals surface area contributed by atoms with E-state index in [1.165, 1.54) is 11.1 Å². The van der Waals surface area contributed by atoms with Crippen LogP contribution < -0.4 is 5.32 Å². The summed E-state index contributed by atoms with van der Waals surface area (Å²) in [7, 11) is 0. The van der Waals surface area contributed by atoms with Crippen molar-refractivity contribution in [2.45, 2.75) is 33.2 Å². The number of rotatable bonds is 2. The molecule has 2 unspecified atom stereocenters. The SMILES string of the molecule is CCC1C(C)CNc2cc(-c3ccccc3C)nn21. The summed E-state index contributed by atoms with van der Waals surface area (Å²) in [5, 5.41) is 8.33. The summed E-state index contributed by atoms with van der Waals surface area (Å²) in [6.07, 6.45) is 1.13. The molecule has 2 heterocycles. The molecule has 1 aromatic heterocycles. The Hall–Kier alpha value is -1.77. The molecule has 0 bridgehead atoms. The molecular weight excluding hydrogens is 234 g/mol. The molecule has 3 nitrogen and oxygen atoms in total. The first-order valence-electron chi connectivity index (χ1n) is 7.10. The number of aryl methyl sites for hydroxylation is 1. The highest BCUT2D eigenvalue weighted by Crippen LogP contribution is 2.33. The highest BCUT2D eigenvalue weighted by Gasteiger charge is 2.26. The highest BCUT2D eigenvalue weighted by molar-refractivity contribution is 5.66. The van der Waals surface area contributed by atoms with Crippen molar-refractivity contribution in [2.24, 2.45) is 5.92 Å². The van der Waals surface area contributed by atoms with Gasteiger partial charge >= 0.3 is 0 Å². The van der Waals surface area contributed by atoms with Crippen LogP contribution in [0.2, 0.25) is 0 Å². The average molecular weight is 255 g/mol. The summed E-state index contributed by atoms with van der Waals surface area (Å²) in [5.74, 6) is 1.78. The molecule has 3 heteroatoms. The molecule has 0 fully saturated rings. The molecule has 0 saturated carbocycles. The van der Waals surface area contributed by atoms with Crippen LogP contribution in [0.25, 0.3) is 11.3 Å². The molecule has 19 heavy (non-hydrogen) atoms. The maximum absolute atomic E-state index is 4.84. The van der Waals surface area contributed by atoms with Gasteiger partial charge in [0.15, 0.2) is 0 Å². The van der Waals surface area contributed by atoms with Gasteiger partial charge in [-0.2, -0.15) is 5.10 Å². The lowest BCUT2D eigenvalue weighted by molar-refractivity contribution is 0.313. The maximum atomic E-state index is 4.84. The Bertz CT molecular complexity index is 585. The van der Waals surface area contributed by atoms with Crippen LogP contribution in [0.4, 0.5) is 5.82 Å². The minimum Gasteiger partial charge on any atom is -0.370 e. The molecule has 0 radical (unpaired) electrons. The summed E-state index contributed by atoms with van der Waals surface area (Å²) >= 11 is 0. The standard InChI is InChI=1S/C16H21N3/c1-4-15-12(3)10-17-16-9-14(18-19(15)16)13-8-6-5-7-11(13)2/h5-9,12,15,17H,4,10H2,1-3H3. The number of hydrogen-bond acceptors (Lipinski definition) is 2. The number of aromatic nitrogens is 2. The first kappa shape index (κ1) is 12.3. The molecule has 0 spiro atoms. The highest BCUT2D eigenvalue weighted by atomic mass is 15.4. The Kier molecular flexibility index (Phi) is 3.05. The minimum absolute atomic E-state index is 0.508. The normalized spacial score (nSPS) is 21.8. The van der Waals surface area contributed by atoms with Crippen molar-refractivity contribution in [3.8, 4) is 11.3 Å². The van der Waals surface area contributed by atoms with E-state index in [0.29, 0.717) is 12.0 Å². The van der Waals surface area contributed by atoms with Crippen LogP contribution >= 0.6 is 0 Å². The van der Waals surface area contributed by atoms with Gasteiger partial charge in [-0.15, -0.1) is 0 Å². The van der Waals surface area contributed by atoms with Crippen molar-refractivity contribution in [1.82, 2.24) is 9.78 Å². The van der Waals surface area contributed by atoms with E-state index < -0.39 is 0 Å². The molecule has 100 valence electrons. The smallest absolute Gasteiger partial charge is 0.125 e. The van der Waals surface area contributed by atoms with Gasteiger partial charge in [-0.1, -0.05) is 38.1 Å². The van der Waals surface area contributed by atoms with E-state index in [1.54, 1.807) is 0 Å². The van der Waals surface area contributed by atoms with Gasteiger partial charge < -0.3 is 5.32 Å². The van der Waals surface area contributed by atoms with Crippen LogP contribution in [0.1, 0.15) is 31.9 Å². The molecule has 0 amide bonds. The molecule has 1 aliphatic rings. The van der Waals surface area contributed by atoms with E-state index >= 15 is 0 Å². The molecule has 1 aromatic carbocycles. The van der Waals surface area contributed by atoms with E-state index in [9.17, 15) is 0 Å². The van der Waals surface area contributed by atoms with Gasteiger partial charge in [0, 0.05) is 18.2 Å². The van der Waals surface area contributed by atoms with Crippen molar-refractivity contribution >= 4 is 5.82 Å². The summed E-state index contributed by atoms with van der Waals surface area (Å²) < 4.78 is 2.18. The zero-order valence-corrected chi connectivity index (χ0v) is 11.9. The Morgan fingerprint density at radius 3 is 2.89 bits per heavy atom. The molecule has 2 atom stereocenters. The van der Waals surface area contributed by atoms with Crippen molar-refractivity contribution in [1.29, 1.82) is 0 Å². The lowest BCUT2D eigenvalue weighted by Crippen LogP contribution is -2.30. The fourth-order valence-corrected chi connectivity index (χ4v) is 2.99.